The van der Waals surface area contributed by atoms with Crippen LogP contribution in [0.2, 0.25) is 0 Å². The summed E-state index contributed by atoms with van der Waals surface area (Å²) in [6.45, 7) is 2.48. The van der Waals surface area contributed by atoms with Crippen molar-refractivity contribution in [2.75, 3.05) is 0 Å². The van der Waals surface area contributed by atoms with Gasteiger partial charge in [-0.25, -0.2) is 14.8 Å². The third-order valence-electron chi connectivity index (χ3n) is 3.78. The van der Waals surface area contributed by atoms with Crippen LogP contribution in [0.1, 0.15) is 11.1 Å². The molecule has 114 valence electrons. The van der Waals surface area contributed by atoms with Crippen LogP contribution in [0.15, 0.2) is 58.2 Å². The summed E-state index contributed by atoms with van der Waals surface area (Å²) in [5, 5.41) is 0. The maximum Gasteiger partial charge on any atom is 0.328 e. The molecule has 4 rings (SSSR count). The summed E-state index contributed by atoms with van der Waals surface area (Å²) in [6, 6.07) is 11.7. The second kappa shape index (κ2) is 5.24. The number of fused-ring (bicyclic) bond motifs is 1. The van der Waals surface area contributed by atoms with E-state index >= 15 is 0 Å². The van der Waals surface area contributed by atoms with Crippen LogP contribution >= 0.6 is 0 Å². The number of aromatic nitrogens is 4. The van der Waals surface area contributed by atoms with Crippen molar-refractivity contribution in [1.82, 2.24) is 19.5 Å². The van der Waals surface area contributed by atoms with E-state index in [4.69, 9.17) is 4.42 Å². The Morgan fingerprint density at radius 2 is 2.00 bits per heavy atom. The number of benzene rings is 1. The van der Waals surface area contributed by atoms with Crippen LogP contribution in [0.3, 0.4) is 0 Å². The van der Waals surface area contributed by atoms with Crippen molar-refractivity contribution in [1.29, 1.82) is 0 Å². The summed E-state index contributed by atoms with van der Waals surface area (Å²) >= 11 is 0. The lowest BCUT2D eigenvalue weighted by molar-refractivity contribution is 0.580. The van der Waals surface area contributed by atoms with Crippen LogP contribution < -0.4 is 5.69 Å². The molecule has 0 aliphatic rings. The molecule has 0 fully saturated rings. The van der Waals surface area contributed by atoms with Crippen LogP contribution in [0.5, 0.6) is 0 Å². The minimum atomic E-state index is -0.214. The van der Waals surface area contributed by atoms with E-state index in [-0.39, 0.29) is 5.69 Å². The first-order chi connectivity index (χ1) is 11.2. The largest absolute Gasteiger partial charge is 0.463 e. The van der Waals surface area contributed by atoms with Crippen LogP contribution in [0, 0.1) is 6.92 Å². The molecule has 4 aromatic rings. The summed E-state index contributed by atoms with van der Waals surface area (Å²) in [6.07, 6.45) is 3.02. The molecule has 0 unspecified atom stereocenters. The van der Waals surface area contributed by atoms with Crippen molar-refractivity contribution in [3.63, 3.8) is 0 Å². The van der Waals surface area contributed by atoms with E-state index in [1.54, 1.807) is 23.0 Å². The van der Waals surface area contributed by atoms with Crippen molar-refractivity contribution in [3.05, 3.63) is 70.6 Å². The summed E-state index contributed by atoms with van der Waals surface area (Å²) in [7, 11) is 0. The van der Waals surface area contributed by atoms with Crippen molar-refractivity contribution >= 4 is 11.2 Å². The fourth-order valence-electron chi connectivity index (χ4n) is 2.59. The first-order valence-electron chi connectivity index (χ1n) is 7.25. The van der Waals surface area contributed by atoms with E-state index in [1.807, 2.05) is 31.2 Å². The molecule has 1 N–H and O–H groups in total. The topological polar surface area (TPSA) is 76.7 Å². The molecule has 0 aliphatic carbocycles. The molecule has 0 bridgehead atoms. The first kappa shape index (κ1) is 13.5. The Hall–Kier alpha value is -3.15. The highest BCUT2D eigenvalue weighted by Crippen LogP contribution is 2.23. The number of nitrogens with zero attached hydrogens (tertiary/aromatic N) is 3. The highest BCUT2D eigenvalue weighted by Gasteiger charge is 2.15. The standard InChI is InChI=1S/C17H14N4O2/c1-11-4-6-12(7-5-11)9-21-16-15(20-17(21)22)14(18-10-19-16)13-3-2-8-23-13/h2-8,10H,9H2,1H3,(H,20,22). The van der Waals surface area contributed by atoms with Crippen LogP contribution in [0.25, 0.3) is 22.6 Å². The van der Waals surface area contributed by atoms with Gasteiger partial charge in [0.05, 0.1) is 12.8 Å². The third-order valence-corrected chi connectivity index (χ3v) is 3.78. The number of aryl methyl sites for hydroxylation is 1. The minimum absolute atomic E-state index is 0.214. The van der Waals surface area contributed by atoms with Crippen molar-refractivity contribution in [3.8, 4) is 11.5 Å². The molecular formula is C17H14N4O2. The molecule has 0 spiro atoms. The van der Waals surface area contributed by atoms with Gasteiger partial charge in [-0.2, -0.15) is 0 Å². The van der Waals surface area contributed by atoms with E-state index in [0.717, 1.165) is 5.56 Å². The molecule has 23 heavy (non-hydrogen) atoms. The molecule has 0 radical (unpaired) electrons. The number of furan rings is 1. The highest BCUT2D eigenvalue weighted by atomic mass is 16.3. The van der Waals surface area contributed by atoms with E-state index < -0.39 is 0 Å². The van der Waals surface area contributed by atoms with Gasteiger partial charge in [0.25, 0.3) is 0 Å². The average molecular weight is 306 g/mol. The zero-order valence-corrected chi connectivity index (χ0v) is 12.5. The Kier molecular flexibility index (Phi) is 3.08. The van der Waals surface area contributed by atoms with Gasteiger partial charge in [0.1, 0.15) is 17.5 Å². The van der Waals surface area contributed by atoms with Crippen LogP contribution in [0.4, 0.5) is 0 Å². The molecule has 0 atom stereocenters. The first-order valence-corrected chi connectivity index (χ1v) is 7.25. The number of hydrogen-bond acceptors (Lipinski definition) is 4. The quantitative estimate of drug-likeness (QED) is 0.631. The molecule has 0 saturated heterocycles. The maximum atomic E-state index is 12.3. The Morgan fingerprint density at radius 3 is 2.74 bits per heavy atom. The molecule has 1 aromatic carbocycles. The summed E-state index contributed by atoms with van der Waals surface area (Å²) in [4.78, 5) is 23.7. The van der Waals surface area contributed by atoms with Gasteiger partial charge in [-0.15, -0.1) is 0 Å². The Labute approximate surface area is 131 Å². The van der Waals surface area contributed by atoms with Gasteiger partial charge >= 0.3 is 5.69 Å². The van der Waals surface area contributed by atoms with Crippen LogP contribution in [-0.2, 0) is 6.54 Å². The fraction of sp³-hybridized carbons (Fsp3) is 0.118. The number of imidazole rings is 1. The second-order valence-electron chi connectivity index (χ2n) is 5.40. The number of rotatable bonds is 3. The van der Waals surface area contributed by atoms with Crippen LogP contribution in [-0.4, -0.2) is 19.5 Å². The van der Waals surface area contributed by atoms with E-state index in [1.165, 1.54) is 11.9 Å². The summed E-state index contributed by atoms with van der Waals surface area (Å²) < 4.78 is 6.99. The van der Waals surface area contributed by atoms with E-state index in [0.29, 0.717) is 29.2 Å². The molecule has 6 heteroatoms. The molecule has 3 aromatic heterocycles. The lowest BCUT2D eigenvalue weighted by Gasteiger charge is -2.04. The Balaban J connectivity index is 1.85. The van der Waals surface area contributed by atoms with Gasteiger partial charge in [0, 0.05) is 0 Å². The fourth-order valence-corrected chi connectivity index (χ4v) is 2.59. The zero-order valence-electron chi connectivity index (χ0n) is 12.5. The SMILES string of the molecule is Cc1ccc(Cn2c(=O)[nH]c3c(-c4ccco4)ncnc32)cc1. The molecule has 0 aliphatic heterocycles. The number of aromatic amines is 1. The molecule has 0 amide bonds. The zero-order chi connectivity index (χ0) is 15.8. The van der Waals surface area contributed by atoms with Gasteiger partial charge < -0.3 is 9.40 Å². The van der Waals surface area contributed by atoms with Gasteiger partial charge in [0.2, 0.25) is 0 Å². The van der Waals surface area contributed by atoms with Crippen molar-refractivity contribution in [2.24, 2.45) is 0 Å². The molecule has 3 heterocycles. The van der Waals surface area contributed by atoms with Crippen molar-refractivity contribution in [2.45, 2.75) is 13.5 Å². The lowest BCUT2D eigenvalue weighted by atomic mass is 10.1. The minimum Gasteiger partial charge on any atom is -0.463 e. The average Bonchev–Trinajstić information content (AvgIpc) is 3.18. The number of H-pyrrole nitrogens is 1. The van der Waals surface area contributed by atoms with E-state index in [9.17, 15) is 4.79 Å². The van der Waals surface area contributed by atoms with E-state index in [2.05, 4.69) is 15.0 Å². The third kappa shape index (κ3) is 2.34. The smallest absolute Gasteiger partial charge is 0.328 e. The monoisotopic (exact) mass is 306 g/mol. The van der Waals surface area contributed by atoms with Gasteiger partial charge in [0.15, 0.2) is 11.4 Å². The molecular weight excluding hydrogens is 292 g/mol. The number of nitrogens with one attached hydrogen (secondary N) is 1. The van der Waals surface area contributed by atoms with Gasteiger partial charge in [-0.1, -0.05) is 29.8 Å². The normalized spacial score (nSPS) is 11.2. The Morgan fingerprint density at radius 1 is 1.17 bits per heavy atom. The molecule has 6 nitrogen and oxygen atoms in total. The summed E-state index contributed by atoms with van der Waals surface area (Å²) in [5.41, 5.74) is 3.74. The van der Waals surface area contributed by atoms with Crippen molar-refractivity contribution < 1.29 is 4.42 Å². The lowest BCUT2D eigenvalue weighted by Crippen LogP contribution is -2.17. The maximum absolute atomic E-state index is 12.3. The van der Waals surface area contributed by atoms with Gasteiger partial charge in [-0.05, 0) is 24.6 Å². The Bertz CT molecular complexity index is 1010. The summed E-state index contributed by atoms with van der Waals surface area (Å²) in [5.74, 6) is 0.598. The number of hydrogen-bond donors (Lipinski definition) is 1. The molecule has 0 saturated carbocycles. The predicted octanol–water partition coefficient (Wildman–Crippen LogP) is 2.74. The predicted molar refractivity (Wildman–Crippen MR) is 86.1 cm³/mol. The second-order valence-corrected chi connectivity index (χ2v) is 5.40. The highest BCUT2D eigenvalue weighted by molar-refractivity contribution is 5.85. The van der Waals surface area contributed by atoms with Gasteiger partial charge in [-0.3, -0.25) is 4.57 Å².